The minimum absolute atomic E-state index is 0.0544. The van der Waals surface area contributed by atoms with Crippen molar-refractivity contribution in [2.24, 2.45) is 5.92 Å². The lowest BCUT2D eigenvalue weighted by molar-refractivity contribution is 0.0662. The van der Waals surface area contributed by atoms with Crippen LogP contribution < -0.4 is 10.3 Å². The summed E-state index contributed by atoms with van der Waals surface area (Å²) in [5, 5.41) is 10.1. The predicted molar refractivity (Wildman–Crippen MR) is 133 cm³/mol. The molecule has 1 aromatic carbocycles. The number of ether oxygens (including phenoxy) is 1. The van der Waals surface area contributed by atoms with Gasteiger partial charge >= 0.3 is 0 Å². The average Bonchev–Trinajstić information content (AvgIpc) is 3.29. The smallest absolute Gasteiger partial charge is 0.275 e. The van der Waals surface area contributed by atoms with Gasteiger partial charge in [-0.3, -0.25) is 9.36 Å². The van der Waals surface area contributed by atoms with Gasteiger partial charge in [0.05, 0.1) is 17.3 Å². The highest BCUT2D eigenvalue weighted by Gasteiger charge is 2.39. The molecule has 6 nitrogen and oxygen atoms in total. The molecule has 4 atom stereocenters. The summed E-state index contributed by atoms with van der Waals surface area (Å²) in [6.07, 6.45) is 7.72. The highest BCUT2D eigenvalue weighted by atomic mass is 32.1. The molecule has 0 saturated carbocycles. The van der Waals surface area contributed by atoms with Gasteiger partial charge in [0, 0.05) is 17.0 Å². The third-order valence-corrected chi connectivity index (χ3v) is 8.59. The number of hydrogen-bond acceptors (Lipinski definition) is 6. The van der Waals surface area contributed by atoms with Crippen LogP contribution in [-0.4, -0.2) is 50.9 Å². The summed E-state index contributed by atoms with van der Waals surface area (Å²) in [5.74, 6) is 1.09. The van der Waals surface area contributed by atoms with Crippen molar-refractivity contribution in [1.29, 1.82) is 0 Å². The molecule has 5 rings (SSSR count). The van der Waals surface area contributed by atoms with E-state index in [4.69, 9.17) is 4.74 Å². The first-order chi connectivity index (χ1) is 15.9. The number of benzene rings is 1. The molecule has 33 heavy (non-hydrogen) atoms. The third-order valence-electron chi connectivity index (χ3n) is 7.42. The zero-order chi connectivity index (χ0) is 23.1. The van der Waals surface area contributed by atoms with Crippen molar-refractivity contribution in [2.45, 2.75) is 76.7 Å². The van der Waals surface area contributed by atoms with E-state index in [1.807, 2.05) is 44.2 Å². The molecule has 1 N–H and O–H groups in total. The van der Waals surface area contributed by atoms with Crippen LogP contribution in [0, 0.1) is 5.92 Å². The number of piperidine rings is 1. The molecule has 0 radical (unpaired) electrons. The van der Waals surface area contributed by atoms with Gasteiger partial charge in [-0.15, -0.1) is 11.3 Å². The molecular formula is C26H33N3O3S. The molecule has 7 heteroatoms. The van der Waals surface area contributed by atoms with Crippen molar-refractivity contribution < 1.29 is 9.84 Å². The fraction of sp³-hybridized carbons (Fsp3) is 0.538. The van der Waals surface area contributed by atoms with Crippen LogP contribution in [0.25, 0.3) is 15.9 Å². The van der Waals surface area contributed by atoms with Gasteiger partial charge in [-0.25, -0.2) is 4.98 Å². The van der Waals surface area contributed by atoms with Crippen LogP contribution in [0.15, 0.2) is 41.5 Å². The molecule has 2 fully saturated rings. The van der Waals surface area contributed by atoms with E-state index in [2.05, 4.69) is 16.9 Å². The zero-order valence-electron chi connectivity index (χ0n) is 19.6. The monoisotopic (exact) mass is 467 g/mol. The summed E-state index contributed by atoms with van der Waals surface area (Å²) < 4.78 is 8.56. The van der Waals surface area contributed by atoms with Crippen molar-refractivity contribution in [3.05, 3.63) is 51.9 Å². The second-order valence-electron chi connectivity index (χ2n) is 9.95. The van der Waals surface area contributed by atoms with Gasteiger partial charge in [0.2, 0.25) is 0 Å². The first-order valence-electron chi connectivity index (χ1n) is 12.1. The Morgan fingerprint density at radius 3 is 2.55 bits per heavy atom. The molecule has 1 unspecified atom stereocenters. The number of aliphatic hydroxyl groups is 1. The topological polar surface area (TPSA) is 67.6 Å². The Morgan fingerprint density at radius 1 is 1.18 bits per heavy atom. The van der Waals surface area contributed by atoms with E-state index in [0.717, 1.165) is 41.1 Å². The molecule has 2 aliphatic rings. The fourth-order valence-electron chi connectivity index (χ4n) is 5.23. The summed E-state index contributed by atoms with van der Waals surface area (Å²) in [5.41, 5.74) is 1.46. The Morgan fingerprint density at radius 2 is 1.88 bits per heavy atom. The minimum atomic E-state index is -0.328. The van der Waals surface area contributed by atoms with Gasteiger partial charge in [-0.2, -0.15) is 0 Å². The standard InChI is InChI=1S/C26H33N3O3S/c1-16(2)24(30)11-10-22-14-23-25(33-22)26(31)29(15-27-23)17-6-8-20(9-7-17)32-21-12-18-4-5-19(13-21)28(18)3/h6-9,14-16,18-19,21,24,30H,4-5,10-13H2,1-3H3/t18-,19+,21+,24?. The Hall–Kier alpha value is -2.22. The van der Waals surface area contributed by atoms with E-state index in [-0.39, 0.29) is 23.7 Å². The second-order valence-corrected chi connectivity index (χ2v) is 11.1. The Bertz CT molecular complexity index is 1160. The van der Waals surface area contributed by atoms with Gasteiger partial charge in [0.25, 0.3) is 5.56 Å². The molecule has 2 bridgehead atoms. The van der Waals surface area contributed by atoms with Crippen molar-refractivity contribution in [3.63, 3.8) is 0 Å². The van der Waals surface area contributed by atoms with Crippen LogP contribution in [0.2, 0.25) is 0 Å². The Balaban J connectivity index is 1.29. The quantitative estimate of drug-likeness (QED) is 0.558. The van der Waals surface area contributed by atoms with Gasteiger partial charge in [-0.1, -0.05) is 13.8 Å². The molecule has 0 aliphatic carbocycles. The van der Waals surface area contributed by atoms with E-state index < -0.39 is 0 Å². The van der Waals surface area contributed by atoms with Crippen LogP contribution >= 0.6 is 11.3 Å². The number of hydrogen-bond donors (Lipinski definition) is 1. The molecular weight excluding hydrogens is 434 g/mol. The predicted octanol–water partition coefficient (Wildman–Crippen LogP) is 4.40. The molecule has 176 valence electrons. The van der Waals surface area contributed by atoms with Crippen LogP contribution in [-0.2, 0) is 6.42 Å². The first-order valence-corrected chi connectivity index (χ1v) is 12.9. The van der Waals surface area contributed by atoms with Gasteiger partial charge in [0.15, 0.2) is 0 Å². The van der Waals surface area contributed by atoms with Crippen LogP contribution in [0.4, 0.5) is 0 Å². The minimum Gasteiger partial charge on any atom is -0.490 e. The van der Waals surface area contributed by atoms with Crippen molar-refractivity contribution in [3.8, 4) is 11.4 Å². The lowest BCUT2D eigenvalue weighted by Gasteiger charge is -2.36. The van der Waals surface area contributed by atoms with Crippen LogP contribution in [0.5, 0.6) is 5.75 Å². The number of nitrogens with zero attached hydrogens (tertiary/aromatic N) is 3. The molecule has 4 heterocycles. The summed E-state index contributed by atoms with van der Waals surface area (Å²) in [7, 11) is 2.24. The highest BCUT2D eigenvalue weighted by molar-refractivity contribution is 7.18. The second kappa shape index (κ2) is 9.20. The van der Waals surface area contributed by atoms with Gasteiger partial charge in [-0.05, 0) is 81.8 Å². The van der Waals surface area contributed by atoms with Crippen molar-refractivity contribution >= 4 is 21.6 Å². The maximum Gasteiger partial charge on any atom is 0.275 e. The highest BCUT2D eigenvalue weighted by Crippen LogP contribution is 2.36. The Kier molecular flexibility index (Phi) is 6.29. The van der Waals surface area contributed by atoms with Crippen molar-refractivity contribution in [1.82, 2.24) is 14.5 Å². The lowest BCUT2D eigenvalue weighted by atomic mass is 10.0. The normalized spacial score (nSPS) is 24.0. The number of fused-ring (bicyclic) bond motifs is 3. The average molecular weight is 468 g/mol. The molecule has 2 saturated heterocycles. The van der Waals surface area contributed by atoms with E-state index in [1.165, 1.54) is 24.2 Å². The third kappa shape index (κ3) is 4.59. The molecule has 0 amide bonds. The van der Waals surface area contributed by atoms with E-state index in [1.54, 1.807) is 10.9 Å². The van der Waals surface area contributed by atoms with E-state index >= 15 is 0 Å². The Labute approximate surface area is 198 Å². The SMILES string of the molecule is CC(C)C(O)CCc1cc2ncn(-c3ccc(O[C@H]4C[C@H]5CC[C@@H](C4)N5C)cc3)c(=O)c2s1. The molecule has 2 aromatic heterocycles. The van der Waals surface area contributed by atoms with Crippen LogP contribution in [0.3, 0.4) is 0 Å². The summed E-state index contributed by atoms with van der Waals surface area (Å²) in [6.45, 7) is 4.04. The number of aliphatic hydroxyl groups excluding tert-OH is 1. The molecule has 0 spiro atoms. The lowest BCUT2D eigenvalue weighted by Crippen LogP contribution is -2.43. The van der Waals surface area contributed by atoms with Gasteiger partial charge < -0.3 is 14.7 Å². The number of thiophene rings is 1. The summed E-state index contributed by atoms with van der Waals surface area (Å²) in [4.78, 5) is 21.3. The number of aryl methyl sites for hydroxylation is 1. The van der Waals surface area contributed by atoms with Crippen LogP contribution in [0.1, 0.15) is 50.8 Å². The van der Waals surface area contributed by atoms with Gasteiger partial charge in [0.1, 0.15) is 22.9 Å². The summed E-state index contributed by atoms with van der Waals surface area (Å²) in [6, 6.07) is 11.0. The zero-order valence-corrected chi connectivity index (χ0v) is 20.4. The fourth-order valence-corrected chi connectivity index (χ4v) is 6.28. The van der Waals surface area contributed by atoms with Crippen molar-refractivity contribution in [2.75, 3.05) is 7.05 Å². The first kappa shape index (κ1) is 22.6. The van der Waals surface area contributed by atoms with E-state index in [9.17, 15) is 9.90 Å². The maximum atomic E-state index is 13.1. The number of aromatic nitrogens is 2. The summed E-state index contributed by atoms with van der Waals surface area (Å²) >= 11 is 1.48. The number of rotatable bonds is 7. The largest absolute Gasteiger partial charge is 0.490 e. The maximum absolute atomic E-state index is 13.1. The molecule has 2 aliphatic heterocycles. The molecule has 3 aromatic rings. The van der Waals surface area contributed by atoms with E-state index in [0.29, 0.717) is 23.2 Å².